The number of halogens is 2. The number of amides is 1. The van der Waals surface area contributed by atoms with Gasteiger partial charge in [-0.15, -0.1) is 0 Å². The zero-order valence-electron chi connectivity index (χ0n) is 14.9. The van der Waals surface area contributed by atoms with Crippen LogP contribution in [0.2, 0.25) is 0 Å². The van der Waals surface area contributed by atoms with Gasteiger partial charge in [-0.2, -0.15) is 8.78 Å². The fourth-order valence-corrected chi connectivity index (χ4v) is 2.39. The van der Waals surface area contributed by atoms with Crippen molar-refractivity contribution >= 4 is 17.7 Å². The lowest BCUT2D eigenvalue weighted by Gasteiger charge is -2.11. The van der Waals surface area contributed by atoms with E-state index in [1.54, 1.807) is 25.1 Å². The first-order valence-electron chi connectivity index (χ1n) is 8.17. The number of alkyl halides is 2. The Morgan fingerprint density at radius 3 is 2.58 bits per heavy atom. The Bertz CT molecular complexity index is 804. The summed E-state index contributed by atoms with van der Waals surface area (Å²) >= 11 is 0. The zero-order chi connectivity index (χ0) is 19.1. The van der Waals surface area contributed by atoms with Gasteiger partial charge in [0, 0.05) is 11.8 Å². The average Bonchev–Trinajstić information content (AvgIpc) is 2.57. The van der Waals surface area contributed by atoms with E-state index in [0.717, 1.165) is 16.8 Å². The fraction of sp³-hybridized carbons (Fsp3) is 0.250. The van der Waals surface area contributed by atoms with E-state index in [2.05, 4.69) is 10.1 Å². The van der Waals surface area contributed by atoms with Gasteiger partial charge in [-0.05, 0) is 56.2 Å². The summed E-state index contributed by atoms with van der Waals surface area (Å²) in [6, 6.07) is 10.3. The fourth-order valence-electron chi connectivity index (χ4n) is 2.39. The molecule has 26 heavy (non-hydrogen) atoms. The molecule has 2 aromatic rings. The molecular formula is C20H21F2NO3. The molecular weight excluding hydrogens is 340 g/mol. The minimum absolute atomic E-state index is 0.0428. The number of hydrogen-bond acceptors (Lipinski definition) is 3. The van der Waals surface area contributed by atoms with Gasteiger partial charge in [0.2, 0.25) is 5.91 Å². The highest BCUT2D eigenvalue weighted by atomic mass is 19.3. The third kappa shape index (κ3) is 5.58. The van der Waals surface area contributed by atoms with Gasteiger partial charge in [0.1, 0.15) is 0 Å². The van der Waals surface area contributed by atoms with Crippen molar-refractivity contribution in [3.8, 4) is 11.5 Å². The number of benzene rings is 2. The van der Waals surface area contributed by atoms with Crippen LogP contribution in [0.1, 0.15) is 23.6 Å². The van der Waals surface area contributed by atoms with Crippen molar-refractivity contribution in [2.45, 2.75) is 27.4 Å². The van der Waals surface area contributed by atoms with E-state index >= 15 is 0 Å². The molecule has 0 aromatic heterocycles. The second kappa shape index (κ2) is 8.99. The third-order valence-corrected chi connectivity index (χ3v) is 3.55. The van der Waals surface area contributed by atoms with E-state index in [1.807, 2.05) is 32.0 Å². The van der Waals surface area contributed by atoms with Crippen LogP contribution in [-0.2, 0) is 4.79 Å². The lowest BCUT2D eigenvalue weighted by atomic mass is 10.1. The highest BCUT2D eigenvalue weighted by Gasteiger charge is 2.11. The molecule has 0 heterocycles. The molecule has 138 valence electrons. The monoisotopic (exact) mass is 361 g/mol. The molecule has 0 atom stereocenters. The molecule has 1 amide bonds. The maximum atomic E-state index is 12.4. The Morgan fingerprint density at radius 1 is 1.15 bits per heavy atom. The Labute approximate surface area is 151 Å². The number of ether oxygens (including phenoxy) is 2. The van der Waals surface area contributed by atoms with Gasteiger partial charge in [0.05, 0.1) is 6.61 Å². The van der Waals surface area contributed by atoms with E-state index in [1.165, 1.54) is 12.1 Å². The predicted octanol–water partition coefficient (Wildman–Crippen LogP) is 4.96. The van der Waals surface area contributed by atoms with Crippen molar-refractivity contribution < 1.29 is 23.0 Å². The van der Waals surface area contributed by atoms with Crippen LogP contribution in [0.15, 0.2) is 42.5 Å². The molecule has 2 rings (SSSR count). The summed E-state index contributed by atoms with van der Waals surface area (Å²) < 4.78 is 34.6. The quantitative estimate of drug-likeness (QED) is 0.710. The van der Waals surface area contributed by atoms with Gasteiger partial charge in [-0.3, -0.25) is 4.79 Å². The van der Waals surface area contributed by atoms with Crippen LogP contribution >= 0.6 is 0 Å². The minimum Gasteiger partial charge on any atom is -0.490 e. The van der Waals surface area contributed by atoms with Gasteiger partial charge in [0.15, 0.2) is 11.5 Å². The molecule has 0 saturated carbocycles. The maximum Gasteiger partial charge on any atom is 0.387 e. The molecule has 2 aromatic carbocycles. The molecule has 6 heteroatoms. The second-order valence-electron chi connectivity index (χ2n) is 5.66. The van der Waals surface area contributed by atoms with E-state index in [4.69, 9.17) is 4.74 Å². The highest BCUT2D eigenvalue weighted by Crippen LogP contribution is 2.30. The molecule has 0 unspecified atom stereocenters. The van der Waals surface area contributed by atoms with Crippen LogP contribution in [0, 0.1) is 13.8 Å². The normalized spacial score (nSPS) is 11.0. The lowest BCUT2D eigenvalue weighted by Crippen LogP contribution is -2.09. The topological polar surface area (TPSA) is 47.6 Å². The van der Waals surface area contributed by atoms with Crippen molar-refractivity contribution in [2.24, 2.45) is 0 Å². The molecule has 1 N–H and O–H groups in total. The standard InChI is InChI=1S/C20H21F2NO3/c1-4-25-18-12-15(6-9-17(18)26-20(21)22)7-10-19(24)23-16-8-5-13(2)11-14(16)3/h5-12,20H,4H2,1-3H3,(H,23,24)/b10-7+. The number of carbonyl (C=O) groups is 1. The summed E-state index contributed by atoms with van der Waals surface area (Å²) in [7, 11) is 0. The van der Waals surface area contributed by atoms with Gasteiger partial charge >= 0.3 is 6.61 Å². The zero-order valence-corrected chi connectivity index (χ0v) is 14.9. The van der Waals surface area contributed by atoms with Crippen LogP contribution in [0.5, 0.6) is 11.5 Å². The SMILES string of the molecule is CCOc1cc(/C=C/C(=O)Nc2ccc(C)cc2C)ccc1OC(F)F. The number of anilines is 1. The Morgan fingerprint density at radius 2 is 1.92 bits per heavy atom. The van der Waals surface area contributed by atoms with E-state index in [9.17, 15) is 13.6 Å². The third-order valence-electron chi connectivity index (χ3n) is 3.55. The van der Waals surface area contributed by atoms with Crippen LogP contribution in [0.25, 0.3) is 6.08 Å². The van der Waals surface area contributed by atoms with E-state index < -0.39 is 6.61 Å². The molecule has 0 aliphatic rings. The molecule has 0 fully saturated rings. The first kappa shape index (κ1) is 19.4. The largest absolute Gasteiger partial charge is 0.490 e. The van der Waals surface area contributed by atoms with Crippen LogP contribution in [-0.4, -0.2) is 19.1 Å². The molecule has 0 spiro atoms. The summed E-state index contributed by atoms with van der Waals surface area (Å²) in [5, 5.41) is 2.80. The molecule has 0 radical (unpaired) electrons. The van der Waals surface area contributed by atoms with Gasteiger partial charge in [0.25, 0.3) is 0 Å². The van der Waals surface area contributed by atoms with Gasteiger partial charge in [-0.25, -0.2) is 0 Å². The minimum atomic E-state index is -2.93. The van der Waals surface area contributed by atoms with Crippen molar-refractivity contribution in [2.75, 3.05) is 11.9 Å². The first-order chi connectivity index (χ1) is 12.4. The number of hydrogen-bond donors (Lipinski definition) is 1. The summed E-state index contributed by atoms with van der Waals surface area (Å²) in [6.07, 6.45) is 2.95. The first-order valence-corrected chi connectivity index (χ1v) is 8.17. The van der Waals surface area contributed by atoms with Crippen LogP contribution < -0.4 is 14.8 Å². The number of nitrogens with one attached hydrogen (secondary N) is 1. The Hall–Kier alpha value is -2.89. The number of aryl methyl sites for hydroxylation is 2. The average molecular weight is 361 g/mol. The highest BCUT2D eigenvalue weighted by molar-refractivity contribution is 6.02. The van der Waals surface area contributed by atoms with Crippen LogP contribution in [0.4, 0.5) is 14.5 Å². The predicted molar refractivity (Wildman–Crippen MR) is 97.8 cm³/mol. The summed E-state index contributed by atoms with van der Waals surface area (Å²) in [5.74, 6) is -0.133. The Kier molecular flexibility index (Phi) is 6.72. The second-order valence-corrected chi connectivity index (χ2v) is 5.66. The smallest absolute Gasteiger partial charge is 0.387 e. The van der Waals surface area contributed by atoms with Crippen molar-refractivity contribution in [3.05, 3.63) is 59.2 Å². The summed E-state index contributed by atoms with van der Waals surface area (Å²) in [4.78, 5) is 12.1. The number of rotatable bonds is 7. The van der Waals surface area contributed by atoms with Crippen LogP contribution in [0.3, 0.4) is 0 Å². The maximum absolute atomic E-state index is 12.4. The van der Waals surface area contributed by atoms with E-state index in [-0.39, 0.29) is 17.4 Å². The molecule has 0 aliphatic carbocycles. The van der Waals surface area contributed by atoms with Crippen molar-refractivity contribution in [3.63, 3.8) is 0 Å². The molecule has 0 saturated heterocycles. The van der Waals surface area contributed by atoms with Crippen molar-refractivity contribution in [1.29, 1.82) is 0 Å². The van der Waals surface area contributed by atoms with E-state index in [0.29, 0.717) is 12.2 Å². The molecule has 0 bridgehead atoms. The summed E-state index contributed by atoms with van der Waals surface area (Å²) in [5.41, 5.74) is 3.45. The van der Waals surface area contributed by atoms with Crippen molar-refractivity contribution in [1.82, 2.24) is 0 Å². The Balaban J connectivity index is 2.10. The molecule has 0 aliphatic heterocycles. The number of carbonyl (C=O) groups excluding carboxylic acids is 1. The van der Waals surface area contributed by atoms with Gasteiger partial charge < -0.3 is 14.8 Å². The summed E-state index contributed by atoms with van der Waals surface area (Å²) in [6.45, 7) is 3.02. The van der Waals surface area contributed by atoms with Gasteiger partial charge in [-0.1, -0.05) is 23.8 Å². The molecule has 4 nitrogen and oxygen atoms in total. The lowest BCUT2D eigenvalue weighted by molar-refractivity contribution is -0.111.